The van der Waals surface area contributed by atoms with Gasteiger partial charge in [-0.3, -0.25) is 4.79 Å². The van der Waals surface area contributed by atoms with Crippen LogP contribution in [0.25, 0.3) is 0 Å². The highest BCUT2D eigenvalue weighted by Crippen LogP contribution is 1.97. The molecule has 0 aliphatic heterocycles. The summed E-state index contributed by atoms with van der Waals surface area (Å²) < 4.78 is 4.53. The zero-order chi connectivity index (χ0) is 11.0. The summed E-state index contributed by atoms with van der Waals surface area (Å²) in [5, 5.41) is 12.5. The third-order valence-electron chi connectivity index (χ3n) is 2.02. The summed E-state index contributed by atoms with van der Waals surface area (Å²) in [7, 11) is 1.38. The third-order valence-corrected chi connectivity index (χ3v) is 2.02. The zero-order valence-electron chi connectivity index (χ0n) is 9.25. The molecular formula is C10H21NO3. The van der Waals surface area contributed by atoms with E-state index in [1.807, 2.05) is 13.8 Å². The van der Waals surface area contributed by atoms with Crippen molar-refractivity contribution in [2.24, 2.45) is 0 Å². The van der Waals surface area contributed by atoms with Crippen LogP contribution >= 0.6 is 0 Å². The molecular weight excluding hydrogens is 182 g/mol. The van der Waals surface area contributed by atoms with Gasteiger partial charge in [0.05, 0.1) is 19.6 Å². The van der Waals surface area contributed by atoms with Crippen LogP contribution in [-0.4, -0.2) is 36.9 Å². The van der Waals surface area contributed by atoms with Gasteiger partial charge >= 0.3 is 5.97 Å². The Morgan fingerprint density at radius 1 is 1.57 bits per heavy atom. The minimum absolute atomic E-state index is 0.0500. The number of aliphatic hydroxyl groups is 1. The van der Waals surface area contributed by atoms with E-state index < -0.39 is 0 Å². The van der Waals surface area contributed by atoms with Crippen molar-refractivity contribution < 1.29 is 14.6 Å². The number of carbonyl (C=O) groups is 1. The van der Waals surface area contributed by atoms with Gasteiger partial charge < -0.3 is 15.2 Å². The highest BCUT2D eigenvalue weighted by Gasteiger charge is 2.10. The first kappa shape index (κ1) is 13.4. The van der Waals surface area contributed by atoms with Crippen LogP contribution < -0.4 is 5.32 Å². The van der Waals surface area contributed by atoms with Gasteiger partial charge in [0.15, 0.2) is 0 Å². The summed E-state index contributed by atoms with van der Waals surface area (Å²) in [6.07, 6.45) is 1.78. The van der Waals surface area contributed by atoms with Gasteiger partial charge in [-0.15, -0.1) is 0 Å². The fourth-order valence-electron chi connectivity index (χ4n) is 1.18. The van der Waals surface area contributed by atoms with E-state index in [-0.39, 0.29) is 18.1 Å². The number of rotatable bonds is 7. The SMILES string of the molecule is CCCC(O)CNC(C)CC(=O)OC. The van der Waals surface area contributed by atoms with Gasteiger partial charge in [-0.2, -0.15) is 0 Å². The van der Waals surface area contributed by atoms with Gasteiger partial charge in [-0.1, -0.05) is 13.3 Å². The Bertz CT molecular complexity index is 161. The van der Waals surface area contributed by atoms with E-state index in [1.54, 1.807) is 0 Å². The van der Waals surface area contributed by atoms with Crippen LogP contribution in [0.15, 0.2) is 0 Å². The molecule has 0 heterocycles. The van der Waals surface area contributed by atoms with E-state index in [0.29, 0.717) is 13.0 Å². The number of nitrogens with one attached hydrogen (secondary N) is 1. The predicted octanol–water partition coefficient (Wildman–Crippen LogP) is 0.689. The van der Waals surface area contributed by atoms with Crippen molar-refractivity contribution >= 4 is 5.97 Å². The van der Waals surface area contributed by atoms with Crippen LogP contribution in [0.3, 0.4) is 0 Å². The lowest BCUT2D eigenvalue weighted by Gasteiger charge is -2.15. The lowest BCUT2D eigenvalue weighted by atomic mass is 10.2. The summed E-state index contributed by atoms with van der Waals surface area (Å²) in [5.74, 6) is -0.227. The number of hydrogen-bond acceptors (Lipinski definition) is 4. The third kappa shape index (κ3) is 6.86. The molecule has 0 aromatic heterocycles. The Kier molecular flexibility index (Phi) is 7.42. The van der Waals surface area contributed by atoms with Gasteiger partial charge in [0, 0.05) is 12.6 Å². The van der Waals surface area contributed by atoms with Crippen molar-refractivity contribution in [3.63, 3.8) is 0 Å². The molecule has 0 bridgehead atoms. The van der Waals surface area contributed by atoms with Crippen LogP contribution in [0.1, 0.15) is 33.1 Å². The number of carbonyl (C=O) groups excluding carboxylic acids is 1. The maximum atomic E-state index is 10.9. The van der Waals surface area contributed by atoms with E-state index in [0.717, 1.165) is 12.8 Å². The predicted molar refractivity (Wildman–Crippen MR) is 55.0 cm³/mol. The van der Waals surface area contributed by atoms with Crippen molar-refractivity contribution in [1.82, 2.24) is 5.32 Å². The molecule has 0 radical (unpaired) electrons. The van der Waals surface area contributed by atoms with Gasteiger partial charge in [0.2, 0.25) is 0 Å². The van der Waals surface area contributed by atoms with Crippen molar-refractivity contribution in [3.8, 4) is 0 Å². The fourth-order valence-corrected chi connectivity index (χ4v) is 1.18. The topological polar surface area (TPSA) is 58.6 Å². The van der Waals surface area contributed by atoms with E-state index in [9.17, 15) is 9.90 Å². The number of methoxy groups -OCH3 is 1. The molecule has 2 atom stereocenters. The Morgan fingerprint density at radius 3 is 2.71 bits per heavy atom. The largest absolute Gasteiger partial charge is 0.469 e. The standard InChI is InChI=1S/C10H21NO3/c1-4-5-9(12)7-11-8(2)6-10(13)14-3/h8-9,11-12H,4-7H2,1-3H3. The van der Waals surface area contributed by atoms with Gasteiger partial charge in [-0.05, 0) is 13.3 Å². The van der Waals surface area contributed by atoms with Gasteiger partial charge in [-0.25, -0.2) is 0 Å². The van der Waals surface area contributed by atoms with Crippen LogP contribution in [0.4, 0.5) is 0 Å². The summed E-state index contributed by atoms with van der Waals surface area (Å²) in [6, 6.07) is 0.0500. The molecule has 0 aromatic rings. The van der Waals surface area contributed by atoms with E-state index in [1.165, 1.54) is 7.11 Å². The Balaban J connectivity index is 3.52. The average Bonchev–Trinajstić information content (AvgIpc) is 2.15. The van der Waals surface area contributed by atoms with Crippen LogP contribution in [-0.2, 0) is 9.53 Å². The van der Waals surface area contributed by atoms with Crippen molar-refractivity contribution in [1.29, 1.82) is 0 Å². The monoisotopic (exact) mass is 203 g/mol. The van der Waals surface area contributed by atoms with Crippen LogP contribution in [0.5, 0.6) is 0 Å². The average molecular weight is 203 g/mol. The maximum Gasteiger partial charge on any atom is 0.307 e. The maximum absolute atomic E-state index is 10.9. The van der Waals surface area contributed by atoms with E-state index >= 15 is 0 Å². The normalized spacial score (nSPS) is 14.9. The minimum Gasteiger partial charge on any atom is -0.469 e. The van der Waals surface area contributed by atoms with Gasteiger partial charge in [0.25, 0.3) is 0 Å². The first-order valence-electron chi connectivity index (χ1n) is 5.08. The fraction of sp³-hybridized carbons (Fsp3) is 0.900. The van der Waals surface area contributed by atoms with Crippen LogP contribution in [0.2, 0.25) is 0 Å². The molecule has 0 aliphatic carbocycles. The molecule has 0 amide bonds. The zero-order valence-corrected chi connectivity index (χ0v) is 9.25. The minimum atomic E-state index is -0.319. The Hall–Kier alpha value is -0.610. The lowest BCUT2D eigenvalue weighted by Crippen LogP contribution is -2.35. The number of ether oxygens (including phenoxy) is 1. The second-order valence-electron chi connectivity index (χ2n) is 3.53. The molecule has 0 fully saturated rings. The molecule has 0 aliphatic rings. The second-order valence-corrected chi connectivity index (χ2v) is 3.53. The summed E-state index contributed by atoms with van der Waals surface area (Å²) >= 11 is 0. The molecule has 0 spiro atoms. The molecule has 14 heavy (non-hydrogen) atoms. The summed E-state index contributed by atoms with van der Waals surface area (Å²) in [6.45, 7) is 4.46. The molecule has 0 aromatic carbocycles. The van der Waals surface area contributed by atoms with Crippen LogP contribution in [0, 0.1) is 0 Å². The number of aliphatic hydroxyl groups excluding tert-OH is 1. The number of esters is 1. The molecule has 4 nitrogen and oxygen atoms in total. The Morgan fingerprint density at radius 2 is 2.21 bits per heavy atom. The highest BCUT2D eigenvalue weighted by molar-refractivity contribution is 5.69. The quantitative estimate of drug-likeness (QED) is 0.598. The summed E-state index contributed by atoms with van der Waals surface area (Å²) in [5.41, 5.74) is 0. The van der Waals surface area contributed by atoms with E-state index in [4.69, 9.17) is 0 Å². The first-order valence-corrected chi connectivity index (χ1v) is 5.08. The second kappa shape index (κ2) is 7.76. The molecule has 0 saturated heterocycles. The summed E-state index contributed by atoms with van der Waals surface area (Å²) in [4.78, 5) is 10.9. The molecule has 0 saturated carbocycles. The van der Waals surface area contributed by atoms with E-state index in [2.05, 4.69) is 10.1 Å². The smallest absolute Gasteiger partial charge is 0.307 e. The molecule has 84 valence electrons. The van der Waals surface area contributed by atoms with Gasteiger partial charge in [0.1, 0.15) is 0 Å². The Labute approximate surface area is 85.6 Å². The molecule has 4 heteroatoms. The number of hydrogen-bond donors (Lipinski definition) is 2. The van der Waals surface area contributed by atoms with Crippen molar-refractivity contribution in [3.05, 3.63) is 0 Å². The molecule has 2 unspecified atom stereocenters. The lowest BCUT2D eigenvalue weighted by molar-refractivity contribution is -0.141. The first-order chi connectivity index (χ1) is 6.60. The molecule has 2 N–H and O–H groups in total. The highest BCUT2D eigenvalue weighted by atomic mass is 16.5. The van der Waals surface area contributed by atoms with Crippen molar-refractivity contribution in [2.75, 3.05) is 13.7 Å². The molecule has 0 rings (SSSR count). The van der Waals surface area contributed by atoms with Crippen molar-refractivity contribution in [2.45, 2.75) is 45.3 Å².